The fourth-order valence-electron chi connectivity index (χ4n) is 2.00. The highest BCUT2D eigenvalue weighted by atomic mass is 16.5. The second kappa shape index (κ2) is 5.83. The van der Waals surface area contributed by atoms with Crippen molar-refractivity contribution < 1.29 is 14.3 Å². The number of rotatable bonds is 5. The van der Waals surface area contributed by atoms with Gasteiger partial charge in [-0.3, -0.25) is 4.79 Å². The molecule has 0 radical (unpaired) electrons. The van der Waals surface area contributed by atoms with Crippen LogP contribution in [0.1, 0.15) is 46.0 Å². The maximum atomic E-state index is 11.3. The van der Waals surface area contributed by atoms with Gasteiger partial charge in [-0.2, -0.15) is 0 Å². The van der Waals surface area contributed by atoms with Gasteiger partial charge in [0.2, 0.25) is 0 Å². The number of aldehydes is 1. The minimum Gasteiger partial charge on any atom is -0.466 e. The van der Waals surface area contributed by atoms with Crippen molar-refractivity contribution in [1.29, 1.82) is 0 Å². The predicted octanol–water partition coefficient (Wildman–Crippen LogP) is 2.65. The van der Waals surface area contributed by atoms with Gasteiger partial charge in [0, 0.05) is 11.8 Å². The van der Waals surface area contributed by atoms with Gasteiger partial charge in [0.15, 0.2) is 0 Å². The summed E-state index contributed by atoms with van der Waals surface area (Å²) in [5.74, 6) is -0.199. The zero-order chi connectivity index (χ0) is 12.0. The Kier molecular flexibility index (Phi) is 4.71. The molecule has 1 aliphatic carbocycles. The normalized spacial score (nSPS) is 24.8. The molecule has 0 saturated heterocycles. The summed E-state index contributed by atoms with van der Waals surface area (Å²) < 4.78 is 4.87. The van der Waals surface area contributed by atoms with Crippen LogP contribution < -0.4 is 0 Å². The lowest BCUT2D eigenvalue weighted by Crippen LogP contribution is -2.26. The molecule has 1 atom stereocenters. The van der Waals surface area contributed by atoms with Gasteiger partial charge in [0.25, 0.3) is 0 Å². The molecule has 0 aliphatic heterocycles. The van der Waals surface area contributed by atoms with Gasteiger partial charge >= 0.3 is 5.97 Å². The fraction of sp³-hybridized carbons (Fsp3) is 0.692. The monoisotopic (exact) mass is 224 g/mol. The third kappa shape index (κ3) is 3.47. The van der Waals surface area contributed by atoms with E-state index in [2.05, 4.69) is 13.0 Å². The van der Waals surface area contributed by atoms with E-state index in [0.717, 1.165) is 25.5 Å². The van der Waals surface area contributed by atoms with Gasteiger partial charge < -0.3 is 9.53 Å². The topological polar surface area (TPSA) is 43.4 Å². The number of allylic oxidation sites excluding steroid dienone is 2. The average Bonchev–Trinajstić information content (AvgIpc) is 2.30. The summed E-state index contributed by atoms with van der Waals surface area (Å²) in [4.78, 5) is 22.4. The Bertz CT molecular complexity index is 294. The molecule has 0 fully saturated rings. The standard InChI is InChI=1S/C13H20O3/c1-3-16-12(15)6-9-13(10-14)7-4-11(2)5-8-13/h4,10H,3,5-9H2,1-2H3. The summed E-state index contributed by atoms with van der Waals surface area (Å²) in [7, 11) is 0. The Morgan fingerprint density at radius 2 is 2.38 bits per heavy atom. The van der Waals surface area contributed by atoms with Gasteiger partial charge in [-0.15, -0.1) is 0 Å². The zero-order valence-electron chi connectivity index (χ0n) is 10.1. The molecule has 3 heteroatoms. The number of hydrogen-bond acceptors (Lipinski definition) is 3. The Balaban J connectivity index is 2.49. The number of esters is 1. The Morgan fingerprint density at radius 3 is 2.88 bits per heavy atom. The van der Waals surface area contributed by atoms with E-state index in [4.69, 9.17) is 4.74 Å². The van der Waals surface area contributed by atoms with Crippen molar-refractivity contribution in [1.82, 2.24) is 0 Å². The summed E-state index contributed by atoms with van der Waals surface area (Å²) in [6.45, 7) is 4.28. The smallest absolute Gasteiger partial charge is 0.305 e. The summed E-state index contributed by atoms with van der Waals surface area (Å²) >= 11 is 0. The van der Waals surface area contributed by atoms with Crippen LogP contribution >= 0.6 is 0 Å². The van der Waals surface area contributed by atoms with Crippen LogP contribution in [0.25, 0.3) is 0 Å². The average molecular weight is 224 g/mol. The maximum Gasteiger partial charge on any atom is 0.305 e. The SMILES string of the molecule is CCOC(=O)CCC1(C=O)CC=C(C)CC1. The van der Waals surface area contributed by atoms with Crippen molar-refractivity contribution in [2.24, 2.45) is 5.41 Å². The summed E-state index contributed by atoms with van der Waals surface area (Å²) in [6, 6.07) is 0. The first-order valence-corrected chi connectivity index (χ1v) is 5.89. The van der Waals surface area contributed by atoms with Crippen molar-refractivity contribution in [3.8, 4) is 0 Å². The molecule has 0 spiro atoms. The lowest BCUT2D eigenvalue weighted by Gasteiger charge is -2.30. The van der Waals surface area contributed by atoms with E-state index >= 15 is 0 Å². The number of carbonyl (C=O) groups is 2. The maximum absolute atomic E-state index is 11.3. The Morgan fingerprint density at radius 1 is 1.62 bits per heavy atom. The molecule has 1 aliphatic rings. The van der Waals surface area contributed by atoms with Gasteiger partial charge in [-0.1, -0.05) is 11.6 Å². The van der Waals surface area contributed by atoms with Crippen LogP contribution in [0.5, 0.6) is 0 Å². The fourth-order valence-corrected chi connectivity index (χ4v) is 2.00. The highest BCUT2D eigenvalue weighted by Crippen LogP contribution is 2.37. The molecule has 0 bridgehead atoms. The van der Waals surface area contributed by atoms with Crippen LogP contribution in [0.3, 0.4) is 0 Å². The number of ether oxygens (including phenoxy) is 1. The van der Waals surface area contributed by atoms with Gasteiger partial charge in [0.05, 0.1) is 6.61 Å². The first kappa shape index (κ1) is 12.9. The van der Waals surface area contributed by atoms with Crippen molar-refractivity contribution in [2.75, 3.05) is 6.61 Å². The molecule has 3 nitrogen and oxygen atoms in total. The molecule has 0 aromatic rings. The van der Waals surface area contributed by atoms with Gasteiger partial charge in [-0.25, -0.2) is 0 Å². The second-order valence-electron chi connectivity index (χ2n) is 4.54. The highest BCUT2D eigenvalue weighted by molar-refractivity contribution is 5.70. The van der Waals surface area contributed by atoms with E-state index in [1.54, 1.807) is 6.92 Å². The minimum absolute atomic E-state index is 0.199. The molecule has 0 amide bonds. The van der Waals surface area contributed by atoms with Crippen molar-refractivity contribution in [2.45, 2.75) is 46.0 Å². The molecule has 0 aromatic carbocycles. The first-order valence-electron chi connectivity index (χ1n) is 5.89. The molecule has 1 unspecified atom stereocenters. The van der Waals surface area contributed by atoms with Crippen LogP contribution in [0.4, 0.5) is 0 Å². The molecular weight excluding hydrogens is 204 g/mol. The molecule has 0 heterocycles. The highest BCUT2D eigenvalue weighted by Gasteiger charge is 2.31. The van der Waals surface area contributed by atoms with E-state index in [9.17, 15) is 9.59 Å². The van der Waals surface area contributed by atoms with E-state index < -0.39 is 0 Å². The van der Waals surface area contributed by atoms with Crippen LogP contribution in [0, 0.1) is 5.41 Å². The van der Waals surface area contributed by atoms with Crippen LogP contribution in [-0.2, 0) is 14.3 Å². The van der Waals surface area contributed by atoms with Gasteiger partial charge in [-0.05, 0) is 39.5 Å². The molecule has 0 saturated carbocycles. The van der Waals surface area contributed by atoms with Crippen molar-refractivity contribution in [3.63, 3.8) is 0 Å². The van der Waals surface area contributed by atoms with Crippen molar-refractivity contribution in [3.05, 3.63) is 11.6 Å². The summed E-state index contributed by atoms with van der Waals surface area (Å²) in [5, 5.41) is 0. The summed E-state index contributed by atoms with van der Waals surface area (Å²) in [6.07, 6.45) is 6.68. The second-order valence-corrected chi connectivity index (χ2v) is 4.54. The van der Waals surface area contributed by atoms with Crippen LogP contribution in [-0.4, -0.2) is 18.9 Å². The molecule has 90 valence electrons. The lowest BCUT2D eigenvalue weighted by atomic mass is 9.73. The predicted molar refractivity (Wildman–Crippen MR) is 62.0 cm³/mol. The van der Waals surface area contributed by atoms with E-state index in [1.807, 2.05) is 0 Å². The lowest BCUT2D eigenvalue weighted by molar-refractivity contribution is -0.144. The largest absolute Gasteiger partial charge is 0.466 e. The van der Waals surface area contributed by atoms with E-state index in [0.29, 0.717) is 19.4 Å². The Hall–Kier alpha value is -1.12. The molecule has 16 heavy (non-hydrogen) atoms. The molecular formula is C13H20O3. The quantitative estimate of drug-likeness (QED) is 0.409. The third-order valence-corrected chi connectivity index (χ3v) is 3.26. The van der Waals surface area contributed by atoms with Crippen molar-refractivity contribution >= 4 is 12.3 Å². The molecule has 0 aromatic heterocycles. The van der Waals surface area contributed by atoms with Crippen LogP contribution in [0.15, 0.2) is 11.6 Å². The third-order valence-electron chi connectivity index (χ3n) is 3.26. The van der Waals surface area contributed by atoms with Gasteiger partial charge in [0.1, 0.15) is 6.29 Å². The zero-order valence-corrected chi connectivity index (χ0v) is 10.1. The Labute approximate surface area is 96.9 Å². The minimum atomic E-state index is -0.327. The molecule has 0 N–H and O–H groups in total. The first-order chi connectivity index (χ1) is 7.62. The molecule has 1 rings (SSSR count). The number of carbonyl (C=O) groups excluding carboxylic acids is 2. The van der Waals surface area contributed by atoms with E-state index in [-0.39, 0.29) is 11.4 Å². The van der Waals surface area contributed by atoms with E-state index in [1.165, 1.54) is 5.57 Å². The van der Waals surface area contributed by atoms with Crippen LogP contribution in [0.2, 0.25) is 0 Å². The number of hydrogen-bond donors (Lipinski definition) is 0. The summed E-state index contributed by atoms with van der Waals surface area (Å²) in [5.41, 5.74) is 1.01.